The van der Waals surface area contributed by atoms with Crippen LogP contribution < -0.4 is 0 Å². The summed E-state index contributed by atoms with van der Waals surface area (Å²) in [5.74, 6) is 0.698. The van der Waals surface area contributed by atoms with E-state index >= 15 is 0 Å². The zero-order chi connectivity index (χ0) is 18.1. The number of aromatic amines is 1. The first-order valence-corrected chi connectivity index (χ1v) is 9.70. The maximum Gasteiger partial charge on any atom is 0.229 e. The largest absolute Gasteiger partial charge is 0.287 e. The van der Waals surface area contributed by atoms with Gasteiger partial charge in [0, 0.05) is 22.3 Å². The number of H-pyrrole nitrogens is 1. The van der Waals surface area contributed by atoms with Gasteiger partial charge < -0.3 is 0 Å². The van der Waals surface area contributed by atoms with E-state index in [0.717, 1.165) is 46.1 Å². The Balaban J connectivity index is 1.73. The predicted molar refractivity (Wildman–Crippen MR) is 102 cm³/mol. The molecule has 6 nitrogen and oxygen atoms in total. The summed E-state index contributed by atoms with van der Waals surface area (Å²) in [6.07, 6.45) is 7.17. The summed E-state index contributed by atoms with van der Waals surface area (Å²) in [7, 11) is 0. The maximum absolute atomic E-state index is 9.67. The van der Waals surface area contributed by atoms with E-state index < -0.39 is 0 Å². The number of nitrogens with one attached hydrogen (secondary N) is 1. The van der Waals surface area contributed by atoms with E-state index in [4.69, 9.17) is 4.98 Å². The predicted octanol–water partition coefficient (Wildman–Crippen LogP) is 4.58. The molecule has 4 rings (SSSR count). The molecule has 3 aromatic rings. The molecule has 1 saturated carbocycles. The Morgan fingerprint density at radius 3 is 2.77 bits per heavy atom. The average molecular weight is 364 g/mol. The summed E-state index contributed by atoms with van der Waals surface area (Å²) < 4.78 is 2.03. The lowest BCUT2D eigenvalue weighted by molar-refractivity contribution is 0.601. The summed E-state index contributed by atoms with van der Waals surface area (Å²) in [4.78, 5) is 9.05. The standard InChI is InChI=1S/C19H20N6S/c1-12-8-15(13(2)25(12)19-21-11-22-24-19)17-10-26-18(23-17)16(9-20)14-6-4-3-5-7-14/h8,10-11H,3-7H2,1-2H3,(H,21,22,24). The highest BCUT2D eigenvalue weighted by Crippen LogP contribution is 2.35. The summed E-state index contributed by atoms with van der Waals surface area (Å²) in [5, 5.41) is 19.4. The molecule has 1 N–H and O–H groups in total. The molecule has 3 aromatic heterocycles. The fourth-order valence-corrected chi connectivity index (χ4v) is 4.54. The second kappa shape index (κ2) is 6.89. The lowest BCUT2D eigenvalue weighted by Crippen LogP contribution is -2.01. The van der Waals surface area contributed by atoms with Gasteiger partial charge in [0.1, 0.15) is 17.4 Å². The molecule has 0 radical (unpaired) electrons. The van der Waals surface area contributed by atoms with Crippen molar-refractivity contribution >= 4 is 16.9 Å². The van der Waals surface area contributed by atoms with Gasteiger partial charge in [0.25, 0.3) is 0 Å². The minimum Gasteiger partial charge on any atom is -0.287 e. The molecule has 1 aliphatic rings. The van der Waals surface area contributed by atoms with Gasteiger partial charge in [-0.05, 0) is 51.2 Å². The quantitative estimate of drug-likeness (QED) is 0.690. The van der Waals surface area contributed by atoms with E-state index in [0.29, 0.717) is 5.95 Å². The minimum atomic E-state index is 0.698. The van der Waals surface area contributed by atoms with Crippen LogP contribution in [0, 0.1) is 25.2 Å². The molecule has 132 valence electrons. The van der Waals surface area contributed by atoms with Crippen LogP contribution in [0.15, 0.2) is 23.3 Å². The second-order valence-corrected chi connectivity index (χ2v) is 7.48. The van der Waals surface area contributed by atoms with E-state index in [-0.39, 0.29) is 0 Å². The first kappa shape index (κ1) is 16.7. The van der Waals surface area contributed by atoms with E-state index in [1.54, 1.807) is 11.3 Å². The van der Waals surface area contributed by atoms with Gasteiger partial charge in [0.2, 0.25) is 5.95 Å². The molecule has 0 aromatic carbocycles. The van der Waals surface area contributed by atoms with Crippen LogP contribution in [0.4, 0.5) is 0 Å². The highest BCUT2D eigenvalue weighted by atomic mass is 32.1. The van der Waals surface area contributed by atoms with Crippen LogP contribution in [0.5, 0.6) is 0 Å². The summed E-state index contributed by atoms with van der Waals surface area (Å²) >= 11 is 1.56. The van der Waals surface area contributed by atoms with Gasteiger partial charge in [-0.2, -0.15) is 15.3 Å². The zero-order valence-corrected chi connectivity index (χ0v) is 15.7. The Hall–Kier alpha value is -2.72. The van der Waals surface area contributed by atoms with Gasteiger partial charge in [-0.3, -0.25) is 4.57 Å². The van der Waals surface area contributed by atoms with E-state index in [1.807, 2.05) is 16.9 Å². The van der Waals surface area contributed by atoms with E-state index in [9.17, 15) is 5.26 Å². The van der Waals surface area contributed by atoms with Crippen LogP contribution in [0.2, 0.25) is 0 Å². The first-order valence-electron chi connectivity index (χ1n) is 8.82. The maximum atomic E-state index is 9.67. The van der Waals surface area contributed by atoms with Crippen molar-refractivity contribution in [3.8, 4) is 23.3 Å². The fraction of sp³-hybridized carbons (Fsp3) is 0.368. The number of aryl methyl sites for hydroxylation is 1. The summed E-state index contributed by atoms with van der Waals surface area (Å²) in [6.45, 7) is 4.09. The number of allylic oxidation sites excluding steroid dienone is 2. The molecular weight excluding hydrogens is 344 g/mol. The van der Waals surface area contributed by atoms with Gasteiger partial charge in [-0.25, -0.2) is 10.1 Å². The monoisotopic (exact) mass is 364 g/mol. The molecule has 1 aliphatic carbocycles. The van der Waals surface area contributed by atoms with Gasteiger partial charge in [-0.15, -0.1) is 11.3 Å². The topological polar surface area (TPSA) is 83.2 Å². The normalized spacial score (nSPS) is 14.4. The van der Waals surface area contributed by atoms with Gasteiger partial charge in [0.05, 0.1) is 11.3 Å². The van der Waals surface area contributed by atoms with Gasteiger partial charge in [0.15, 0.2) is 0 Å². The molecule has 0 unspecified atom stereocenters. The van der Waals surface area contributed by atoms with Crippen molar-refractivity contribution in [2.45, 2.75) is 46.0 Å². The number of thiazole rings is 1. The van der Waals surface area contributed by atoms with E-state index in [1.165, 1.54) is 31.2 Å². The molecule has 0 spiro atoms. The van der Waals surface area contributed by atoms with Crippen molar-refractivity contribution in [3.63, 3.8) is 0 Å². The number of hydrogen-bond donors (Lipinski definition) is 1. The Bertz CT molecular complexity index is 992. The van der Waals surface area contributed by atoms with Crippen LogP contribution in [0.25, 0.3) is 22.8 Å². The Morgan fingerprint density at radius 1 is 1.27 bits per heavy atom. The third-order valence-electron chi connectivity index (χ3n) is 4.96. The number of rotatable bonds is 3. The van der Waals surface area contributed by atoms with Gasteiger partial charge in [-0.1, -0.05) is 6.42 Å². The molecule has 0 atom stereocenters. The third kappa shape index (κ3) is 2.86. The van der Waals surface area contributed by atoms with Crippen molar-refractivity contribution < 1.29 is 0 Å². The van der Waals surface area contributed by atoms with Crippen LogP contribution >= 0.6 is 11.3 Å². The number of nitrogens with zero attached hydrogens (tertiary/aromatic N) is 5. The highest BCUT2D eigenvalue weighted by Gasteiger charge is 2.19. The molecule has 1 fully saturated rings. The molecule has 0 bridgehead atoms. The van der Waals surface area contributed by atoms with Crippen LogP contribution in [-0.4, -0.2) is 24.7 Å². The minimum absolute atomic E-state index is 0.698. The van der Waals surface area contributed by atoms with Crippen molar-refractivity contribution in [2.75, 3.05) is 0 Å². The Labute approximate surface area is 156 Å². The van der Waals surface area contributed by atoms with Crippen LogP contribution in [0.1, 0.15) is 48.5 Å². The zero-order valence-electron chi connectivity index (χ0n) is 14.9. The fourth-order valence-electron chi connectivity index (χ4n) is 3.67. The van der Waals surface area contributed by atoms with Gasteiger partial charge >= 0.3 is 0 Å². The molecule has 26 heavy (non-hydrogen) atoms. The lowest BCUT2D eigenvalue weighted by Gasteiger charge is -2.14. The molecule has 3 heterocycles. The molecule has 7 heteroatoms. The van der Waals surface area contributed by atoms with Crippen LogP contribution in [0.3, 0.4) is 0 Å². The van der Waals surface area contributed by atoms with Crippen molar-refractivity contribution in [1.29, 1.82) is 5.26 Å². The van der Waals surface area contributed by atoms with E-state index in [2.05, 4.69) is 34.2 Å². The van der Waals surface area contributed by atoms with Crippen molar-refractivity contribution in [1.82, 2.24) is 24.7 Å². The Kier molecular flexibility index (Phi) is 4.43. The molecule has 0 aliphatic heterocycles. The number of hydrogen-bond acceptors (Lipinski definition) is 5. The third-order valence-corrected chi connectivity index (χ3v) is 5.82. The molecule has 0 saturated heterocycles. The Morgan fingerprint density at radius 2 is 2.08 bits per heavy atom. The number of nitriles is 1. The molecule has 0 amide bonds. The van der Waals surface area contributed by atoms with Crippen molar-refractivity contribution in [3.05, 3.63) is 39.7 Å². The lowest BCUT2D eigenvalue weighted by atomic mass is 9.91. The summed E-state index contributed by atoms with van der Waals surface area (Å²) in [5.41, 5.74) is 6.15. The summed E-state index contributed by atoms with van der Waals surface area (Å²) in [6, 6.07) is 4.51. The molecular formula is C19H20N6S. The average Bonchev–Trinajstić information content (AvgIpc) is 3.38. The number of aromatic nitrogens is 5. The second-order valence-electron chi connectivity index (χ2n) is 6.62. The van der Waals surface area contributed by atoms with Crippen LogP contribution in [-0.2, 0) is 0 Å². The first-order chi connectivity index (χ1) is 12.7. The smallest absolute Gasteiger partial charge is 0.229 e. The SMILES string of the molecule is Cc1cc(-c2csc(C(C#N)=C3CCCCC3)n2)c(C)n1-c1ncn[nH]1. The van der Waals surface area contributed by atoms with Crippen molar-refractivity contribution in [2.24, 2.45) is 0 Å². The highest BCUT2D eigenvalue weighted by molar-refractivity contribution is 7.11.